The molecule has 0 saturated carbocycles. The van der Waals surface area contributed by atoms with Gasteiger partial charge in [-0.25, -0.2) is 9.18 Å². The van der Waals surface area contributed by atoms with Gasteiger partial charge in [-0.2, -0.15) is 4.99 Å². The molecule has 14 heavy (non-hydrogen) atoms. The molecule has 0 N–H and O–H groups in total. The summed E-state index contributed by atoms with van der Waals surface area (Å²) in [6, 6.07) is 4.34. The second kappa shape index (κ2) is 3.91. The lowest BCUT2D eigenvalue weighted by Gasteiger charge is -2.19. The Bertz CT molecular complexity index is 377. The lowest BCUT2D eigenvalue weighted by molar-refractivity contribution is 0.492. The Kier molecular flexibility index (Phi) is 3.04. The van der Waals surface area contributed by atoms with Gasteiger partial charge < -0.3 is 0 Å². The first-order chi connectivity index (χ1) is 6.49. The summed E-state index contributed by atoms with van der Waals surface area (Å²) in [6.45, 7) is 3.20. The monoisotopic (exact) mass is 213 g/mol. The highest BCUT2D eigenvalue weighted by Gasteiger charge is 2.26. The van der Waals surface area contributed by atoms with Crippen LogP contribution in [-0.4, -0.2) is 6.08 Å². The van der Waals surface area contributed by atoms with E-state index in [2.05, 4.69) is 4.99 Å². The number of isocyanates is 1. The van der Waals surface area contributed by atoms with E-state index in [0.717, 1.165) is 0 Å². The van der Waals surface area contributed by atoms with Crippen LogP contribution in [0.3, 0.4) is 0 Å². The maximum Gasteiger partial charge on any atom is 0.235 e. The molecule has 4 heteroatoms. The van der Waals surface area contributed by atoms with Crippen LogP contribution in [0.4, 0.5) is 4.39 Å². The SMILES string of the molecule is CC(C)(N=C=O)c1c(F)cccc1Cl. The third-order valence-corrected chi connectivity index (χ3v) is 2.21. The molecule has 0 aliphatic carbocycles. The maximum absolute atomic E-state index is 13.4. The van der Waals surface area contributed by atoms with Crippen molar-refractivity contribution in [3.8, 4) is 0 Å². The maximum atomic E-state index is 13.4. The van der Waals surface area contributed by atoms with Gasteiger partial charge >= 0.3 is 0 Å². The summed E-state index contributed by atoms with van der Waals surface area (Å²) in [5, 5.41) is 0.258. The number of aliphatic imine (C=N–C) groups is 1. The second-order valence-electron chi connectivity index (χ2n) is 3.36. The van der Waals surface area contributed by atoms with Crippen LogP contribution < -0.4 is 0 Å². The first kappa shape index (κ1) is 10.9. The van der Waals surface area contributed by atoms with E-state index in [1.807, 2.05) is 0 Å². The van der Waals surface area contributed by atoms with Crippen LogP contribution in [-0.2, 0) is 10.3 Å². The molecule has 74 valence electrons. The molecule has 2 nitrogen and oxygen atoms in total. The number of halogens is 2. The summed E-state index contributed by atoms with van der Waals surface area (Å²) in [6.07, 6.45) is 1.41. The smallest absolute Gasteiger partial charge is 0.211 e. The van der Waals surface area contributed by atoms with Crippen molar-refractivity contribution >= 4 is 17.7 Å². The minimum Gasteiger partial charge on any atom is -0.211 e. The van der Waals surface area contributed by atoms with Crippen molar-refractivity contribution in [2.45, 2.75) is 19.4 Å². The van der Waals surface area contributed by atoms with Crippen LogP contribution >= 0.6 is 11.6 Å². The fourth-order valence-electron chi connectivity index (χ4n) is 1.25. The summed E-state index contributed by atoms with van der Waals surface area (Å²) < 4.78 is 13.4. The summed E-state index contributed by atoms with van der Waals surface area (Å²) >= 11 is 5.82. The van der Waals surface area contributed by atoms with Gasteiger partial charge in [-0.15, -0.1) is 0 Å². The van der Waals surface area contributed by atoms with Gasteiger partial charge in [-0.3, -0.25) is 0 Å². The van der Waals surface area contributed by atoms with Gasteiger partial charge in [-0.1, -0.05) is 17.7 Å². The largest absolute Gasteiger partial charge is 0.235 e. The molecule has 0 atom stereocenters. The molecule has 1 aromatic rings. The lowest BCUT2D eigenvalue weighted by atomic mass is 9.94. The van der Waals surface area contributed by atoms with E-state index < -0.39 is 11.4 Å². The van der Waals surface area contributed by atoms with Crippen LogP contribution in [0, 0.1) is 5.82 Å². The highest BCUT2D eigenvalue weighted by molar-refractivity contribution is 6.31. The fraction of sp³-hybridized carbons (Fsp3) is 0.300. The molecule has 1 aromatic carbocycles. The molecule has 0 radical (unpaired) electrons. The number of hydrogen-bond donors (Lipinski definition) is 0. The standard InChI is InChI=1S/C10H9ClFNO/c1-10(2,13-6-14)9-7(11)4-3-5-8(9)12/h3-5H,1-2H3. The van der Waals surface area contributed by atoms with E-state index in [1.165, 1.54) is 18.2 Å². The Morgan fingerprint density at radius 2 is 2.14 bits per heavy atom. The van der Waals surface area contributed by atoms with Crippen molar-refractivity contribution in [1.29, 1.82) is 0 Å². The molecule has 0 unspecified atom stereocenters. The summed E-state index contributed by atoms with van der Waals surface area (Å²) in [5.74, 6) is -0.471. The van der Waals surface area contributed by atoms with E-state index in [9.17, 15) is 9.18 Å². The molecule has 0 spiro atoms. The molecule has 0 aromatic heterocycles. The molecule has 0 aliphatic rings. The highest BCUT2D eigenvalue weighted by Crippen LogP contribution is 2.32. The van der Waals surface area contributed by atoms with Crippen LogP contribution in [0.15, 0.2) is 23.2 Å². The average molecular weight is 214 g/mol. The molecule has 0 fully saturated rings. The van der Waals surface area contributed by atoms with Gasteiger partial charge in [0.2, 0.25) is 6.08 Å². The summed E-state index contributed by atoms with van der Waals surface area (Å²) in [4.78, 5) is 13.7. The van der Waals surface area contributed by atoms with Crippen LogP contribution in [0.2, 0.25) is 5.02 Å². The summed E-state index contributed by atoms with van der Waals surface area (Å²) in [7, 11) is 0. The minimum atomic E-state index is -0.982. The zero-order chi connectivity index (χ0) is 10.8. The number of rotatable bonds is 2. The summed E-state index contributed by atoms with van der Waals surface area (Å²) in [5.41, 5.74) is -0.769. The first-order valence-corrected chi connectivity index (χ1v) is 4.40. The molecule has 0 bridgehead atoms. The molecular formula is C10H9ClFNO. The third kappa shape index (κ3) is 2.00. The van der Waals surface area contributed by atoms with Gasteiger partial charge in [0.25, 0.3) is 0 Å². The number of carbonyl (C=O) groups excluding carboxylic acids is 1. The third-order valence-electron chi connectivity index (χ3n) is 1.90. The van der Waals surface area contributed by atoms with Crippen LogP contribution in [0.25, 0.3) is 0 Å². The number of benzene rings is 1. The fourth-order valence-corrected chi connectivity index (χ4v) is 1.65. The van der Waals surface area contributed by atoms with Gasteiger partial charge in [0.1, 0.15) is 5.82 Å². The van der Waals surface area contributed by atoms with E-state index in [4.69, 9.17) is 11.6 Å². The minimum absolute atomic E-state index is 0.213. The number of hydrogen-bond acceptors (Lipinski definition) is 2. The Morgan fingerprint density at radius 3 is 2.64 bits per heavy atom. The predicted molar refractivity (Wildman–Crippen MR) is 52.6 cm³/mol. The van der Waals surface area contributed by atoms with Crippen LogP contribution in [0.5, 0.6) is 0 Å². The predicted octanol–water partition coefficient (Wildman–Crippen LogP) is 3.05. The Hall–Kier alpha value is -1.18. The van der Waals surface area contributed by atoms with Crippen molar-refractivity contribution in [1.82, 2.24) is 0 Å². The molecule has 0 saturated heterocycles. The first-order valence-electron chi connectivity index (χ1n) is 4.02. The average Bonchev–Trinajstić information content (AvgIpc) is 2.02. The van der Waals surface area contributed by atoms with E-state index in [0.29, 0.717) is 0 Å². The Morgan fingerprint density at radius 1 is 1.50 bits per heavy atom. The van der Waals surface area contributed by atoms with Gasteiger partial charge in [0, 0.05) is 10.6 Å². The molecule has 0 amide bonds. The Labute approximate surface area is 86.4 Å². The van der Waals surface area contributed by atoms with Gasteiger partial charge in [0.15, 0.2) is 0 Å². The van der Waals surface area contributed by atoms with E-state index >= 15 is 0 Å². The van der Waals surface area contributed by atoms with Crippen LogP contribution in [0.1, 0.15) is 19.4 Å². The molecule has 0 aliphatic heterocycles. The zero-order valence-electron chi connectivity index (χ0n) is 7.84. The van der Waals surface area contributed by atoms with Crippen molar-refractivity contribution in [2.24, 2.45) is 4.99 Å². The second-order valence-corrected chi connectivity index (χ2v) is 3.77. The van der Waals surface area contributed by atoms with Gasteiger partial charge in [0.05, 0.1) is 5.54 Å². The quantitative estimate of drug-likeness (QED) is 0.549. The molecular weight excluding hydrogens is 205 g/mol. The van der Waals surface area contributed by atoms with Gasteiger partial charge in [-0.05, 0) is 26.0 Å². The normalized spacial score (nSPS) is 10.9. The number of nitrogens with zero attached hydrogens (tertiary/aromatic N) is 1. The molecule has 1 rings (SSSR count). The van der Waals surface area contributed by atoms with Crippen molar-refractivity contribution in [2.75, 3.05) is 0 Å². The lowest BCUT2D eigenvalue weighted by Crippen LogP contribution is -2.16. The molecule has 0 heterocycles. The van der Waals surface area contributed by atoms with Crippen molar-refractivity contribution < 1.29 is 9.18 Å². The van der Waals surface area contributed by atoms with E-state index in [1.54, 1.807) is 19.9 Å². The topological polar surface area (TPSA) is 29.4 Å². The highest BCUT2D eigenvalue weighted by atomic mass is 35.5. The van der Waals surface area contributed by atoms with Crippen molar-refractivity contribution in [3.63, 3.8) is 0 Å². The van der Waals surface area contributed by atoms with E-state index in [-0.39, 0.29) is 10.6 Å². The zero-order valence-corrected chi connectivity index (χ0v) is 8.60. The van der Waals surface area contributed by atoms with Crippen molar-refractivity contribution in [3.05, 3.63) is 34.6 Å². The Balaban J connectivity index is 3.37.